The highest BCUT2D eigenvalue weighted by molar-refractivity contribution is 8.02. The summed E-state index contributed by atoms with van der Waals surface area (Å²) in [4.78, 5) is 50.7. The van der Waals surface area contributed by atoms with Crippen LogP contribution in [-0.2, 0) is 14.3 Å². The summed E-state index contributed by atoms with van der Waals surface area (Å²) in [6.07, 6.45) is 0. The molecule has 1 unspecified atom stereocenters. The van der Waals surface area contributed by atoms with Gasteiger partial charge in [0, 0.05) is 0 Å². The molecule has 0 radical (unpaired) electrons. The van der Waals surface area contributed by atoms with Crippen molar-refractivity contribution in [3.8, 4) is 0 Å². The zero-order valence-corrected chi connectivity index (χ0v) is 22.5. The maximum Gasteiger partial charge on any atom is 0.348 e. The minimum absolute atomic E-state index is 0.125. The van der Waals surface area contributed by atoms with E-state index in [9.17, 15) is 19.2 Å². The number of thioether (sulfide) groups is 1. The number of esters is 2. The molecule has 0 fully saturated rings. The van der Waals surface area contributed by atoms with E-state index in [0.29, 0.717) is 19.9 Å². The molecule has 3 rings (SSSR count). The summed E-state index contributed by atoms with van der Waals surface area (Å²) in [6, 6.07) is 3.48. The lowest BCUT2D eigenvalue weighted by Crippen LogP contribution is -2.23. The van der Waals surface area contributed by atoms with Crippen molar-refractivity contribution in [1.29, 1.82) is 0 Å². The lowest BCUT2D eigenvalue weighted by atomic mass is 10.1. The van der Waals surface area contributed by atoms with Gasteiger partial charge >= 0.3 is 11.9 Å². The number of nitrogens with zero attached hydrogens (tertiary/aromatic N) is 2. The first kappa shape index (κ1) is 26.8. The Morgan fingerprint density at radius 2 is 1.77 bits per heavy atom. The van der Waals surface area contributed by atoms with E-state index in [1.54, 1.807) is 45.2 Å². The van der Waals surface area contributed by atoms with Crippen LogP contribution in [0, 0.1) is 6.92 Å². The van der Waals surface area contributed by atoms with E-state index < -0.39 is 23.1 Å². The van der Waals surface area contributed by atoms with Crippen molar-refractivity contribution in [2.45, 2.75) is 37.3 Å². The van der Waals surface area contributed by atoms with Crippen molar-refractivity contribution < 1.29 is 28.7 Å². The second kappa shape index (κ2) is 12.2. The van der Waals surface area contributed by atoms with Gasteiger partial charge in [0.05, 0.1) is 28.9 Å². The highest BCUT2D eigenvalue weighted by Gasteiger charge is 2.28. The molecule has 3 heterocycles. The number of hydrogen-bond acceptors (Lipinski definition) is 12. The molecular weight excluding hydrogens is 533 g/mol. The van der Waals surface area contributed by atoms with E-state index in [2.05, 4.69) is 20.8 Å². The molecule has 0 aromatic carbocycles. The lowest BCUT2D eigenvalue weighted by Gasteiger charge is -2.10. The van der Waals surface area contributed by atoms with Crippen LogP contribution in [0.4, 0.5) is 10.1 Å². The molecule has 0 aliphatic rings. The number of aromatic nitrogens is 2. The number of amides is 2. The third-order valence-electron chi connectivity index (χ3n) is 4.34. The summed E-state index contributed by atoms with van der Waals surface area (Å²) in [5.74, 6) is -1.90. The number of carbonyl (C=O) groups is 4. The SMILES string of the molecule is CCOC(=O)c1sc(NC(=O)C(C)Sc2nnc(NC(=O)c3cccs3)s2)c(C(=O)OCC)c1C. The zero-order valence-electron chi connectivity index (χ0n) is 19.2. The molecule has 0 saturated carbocycles. The maximum absolute atomic E-state index is 12.9. The van der Waals surface area contributed by atoms with Gasteiger partial charge in [0.15, 0.2) is 4.34 Å². The number of anilines is 2. The average molecular weight is 555 g/mol. The second-order valence-corrected chi connectivity index (χ2v) is 11.3. The van der Waals surface area contributed by atoms with Gasteiger partial charge in [-0.25, -0.2) is 9.59 Å². The van der Waals surface area contributed by atoms with Crippen LogP contribution >= 0.6 is 45.8 Å². The first-order valence-corrected chi connectivity index (χ1v) is 13.8. The molecule has 0 aliphatic carbocycles. The van der Waals surface area contributed by atoms with Crippen LogP contribution < -0.4 is 10.6 Å². The molecule has 3 aromatic heterocycles. The predicted octanol–water partition coefficient (Wildman–Crippen LogP) is 4.69. The van der Waals surface area contributed by atoms with E-state index in [0.717, 1.165) is 34.4 Å². The smallest absolute Gasteiger partial charge is 0.348 e. The quantitative estimate of drug-likeness (QED) is 0.208. The standard InChI is InChI=1S/C21H22N4O6S4/c1-5-30-18(28)13-10(3)14(19(29)31-6-2)34-17(13)22-15(26)11(4)33-21-25-24-20(35-21)23-16(27)12-8-7-9-32-12/h7-9,11H,5-6H2,1-4H3,(H,22,26)(H,23,24,27). The number of ether oxygens (including phenoxy) is 2. The molecule has 10 nitrogen and oxygen atoms in total. The normalized spacial score (nSPS) is 11.5. The topological polar surface area (TPSA) is 137 Å². The van der Waals surface area contributed by atoms with E-state index in [-0.39, 0.29) is 34.6 Å². The van der Waals surface area contributed by atoms with Crippen LogP contribution in [-0.4, -0.2) is 52.4 Å². The van der Waals surface area contributed by atoms with Crippen LogP contribution in [0.5, 0.6) is 0 Å². The lowest BCUT2D eigenvalue weighted by molar-refractivity contribution is -0.115. The molecule has 2 amide bonds. The van der Waals surface area contributed by atoms with Gasteiger partial charge in [0.1, 0.15) is 9.88 Å². The van der Waals surface area contributed by atoms with E-state index in [1.807, 2.05) is 0 Å². The van der Waals surface area contributed by atoms with Crippen LogP contribution in [0.3, 0.4) is 0 Å². The van der Waals surface area contributed by atoms with Crippen LogP contribution in [0.15, 0.2) is 21.9 Å². The Kier molecular flexibility index (Phi) is 9.37. The molecule has 186 valence electrons. The summed E-state index contributed by atoms with van der Waals surface area (Å²) in [5.41, 5.74) is 0.512. The van der Waals surface area contributed by atoms with E-state index >= 15 is 0 Å². The van der Waals surface area contributed by atoms with Gasteiger partial charge in [0.2, 0.25) is 11.0 Å². The van der Waals surface area contributed by atoms with Gasteiger partial charge < -0.3 is 14.8 Å². The van der Waals surface area contributed by atoms with Crippen molar-refractivity contribution in [2.75, 3.05) is 23.8 Å². The molecular formula is C21H22N4O6S4. The number of rotatable bonds is 10. The van der Waals surface area contributed by atoms with E-state index in [4.69, 9.17) is 9.47 Å². The molecule has 14 heteroatoms. The van der Waals surface area contributed by atoms with Crippen molar-refractivity contribution in [1.82, 2.24) is 10.2 Å². The third-order valence-corrected chi connectivity index (χ3v) is 8.42. The molecule has 35 heavy (non-hydrogen) atoms. The Bertz CT molecular complexity index is 1220. The van der Waals surface area contributed by atoms with Crippen molar-refractivity contribution in [2.24, 2.45) is 0 Å². The molecule has 3 aromatic rings. The van der Waals surface area contributed by atoms with Crippen LogP contribution in [0.1, 0.15) is 56.0 Å². The largest absolute Gasteiger partial charge is 0.462 e. The Hall–Kier alpha value is -2.81. The number of thiophene rings is 2. The Morgan fingerprint density at radius 1 is 1.06 bits per heavy atom. The second-order valence-electron chi connectivity index (χ2n) is 6.76. The maximum atomic E-state index is 12.9. The summed E-state index contributed by atoms with van der Waals surface area (Å²) < 4.78 is 10.7. The van der Waals surface area contributed by atoms with Gasteiger partial charge in [0.25, 0.3) is 5.91 Å². The number of hydrogen-bond donors (Lipinski definition) is 2. The van der Waals surface area contributed by atoms with E-state index in [1.165, 1.54) is 11.3 Å². The fraction of sp³-hybridized carbons (Fsp3) is 0.333. The Labute approximate surface area is 217 Å². The highest BCUT2D eigenvalue weighted by Crippen LogP contribution is 2.36. The van der Waals surface area contributed by atoms with Crippen LogP contribution in [0.25, 0.3) is 0 Å². The van der Waals surface area contributed by atoms with Gasteiger partial charge in [-0.15, -0.1) is 32.9 Å². The first-order chi connectivity index (χ1) is 16.7. The van der Waals surface area contributed by atoms with Crippen molar-refractivity contribution in [3.63, 3.8) is 0 Å². The summed E-state index contributed by atoms with van der Waals surface area (Å²) in [7, 11) is 0. The number of carbonyl (C=O) groups excluding carboxylic acids is 4. The Morgan fingerprint density at radius 3 is 2.43 bits per heavy atom. The average Bonchev–Trinajstić information content (AvgIpc) is 3.55. The third kappa shape index (κ3) is 6.66. The minimum atomic E-state index is -0.636. The molecule has 0 spiro atoms. The van der Waals surface area contributed by atoms with Crippen molar-refractivity contribution >= 4 is 79.7 Å². The van der Waals surface area contributed by atoms with Gasteiger partial charge in [-0.3, -0.25) is 14.9 Å². The minimum Gasteiger partial charge on any atom is -0.462 e. The fourth-order valence-corrected chi connectivity index (χ4v) is 6.34. The fourth-order valence-electron chi connectivity index (χ4n) is 2.73. The Balaban J connectivity index is 1.70. The summed E-state index contributed by atoms with van der Waals surface area (Å²) in [6.45, 7) is 6.95. The zero-order chi connectivity index (χ0) is 25.5. The van der Waals surface area contributed by atoms with Crippen molar-refractivity contribution in [3.05, 3.63) is 38.4 Å². The predicted molar refractivity (Wildman–Crippen MR) is 137 cm³/mol. The highest BCUT2D eigenvalue weighted by atomic mass is 32.2. The first-order valence-electron chi connectivity index (χ1n) is 10.4. The molecule has 0 aliphatic heterocycles. The summed E-state index contributed by atoms with van der Waals surface area (Å²) >= 11 is 4.56. The molecule has 0 saturated heterocycles. The van der Waals surface area contributed by atoms with Crippen LogP contribution in [0.2, 0.25) is 0 Å². The van der Waals surface area contributed by atoms with Gasteiger partial charge in [-0.1, -0.05) is 29.2 Å². The molecule has 1 atom stereocenters. The van der Waals surface area contributed by atoms with Gasteiger partial charge in [-0.2, -0.15) is 0 Å². The number of nitrogens with one attached hydrogen (secondary N) is 2. The van der Waals surface area contributed by atoms with Gasteiger partial charge in [-0.05, 0) is 44.7 Å². The molecule has 2 N–H and O–H groups in total. The summed E-state index contributed by atoms with van der Waals surface area (Å²) in [5, 5.41) is 15.1. The molecule has 0 bridgehead atoms. The monoisotopic (exact) mass is 554 g/mol.